The first kappa shape index (κ1) is 24.9. The van der Waals surface area contributed by atoms with Crippen LogP contribution in [0.2, 0.25) is 0 Å². The van der Waals surface area contributed by atoms with Crippen molar-refractivity contribution in [2.45, 2.75) is 37.8 Å². The second-order valence-corrected chi connectivity index (χ2v) is 9.09. The molecule has 0 unspecified atom stereocenters. The summed E-state index contributed by atoms with van der Waals surface area (Å²) in [4.78, 5) is 29.5. The monoisotopic (exact) mass is 484 g/mol. The fourth-order valence-electron chi connectivity index (χ4n) is 4.46. The van der Waals surface area contributed by atoms with Crippen molar-refractivity contribution in [2.75, 3.05) is 44.6 Å². The van der Waals surface area contributed by atoms with E-state index in [1.165, 1.54) is 37.1 Å². The number of hydrogen-bond donors (Lipinski definition) is 3. The first-order valence-electron chi connectivity index (χ1n) is 12.2. The quantitative estimate of drug-likeness (QED) is 0.562. The van der Waals surface area contributed by atoms with Crippen LogP contribution in [0, 0.1) is 5.82 Å². The van der Waals surface area contributed by atoms with Gasteiger partial charge in [0.1, 0.15) is 18.2 Å². The molecule has 0 spiro atoms. The van der Waals surface area contributed by atoms with Gasteiger partial charge in [-0.2, -0.15) is 0 Å². The highest BCUT2D eigenvalue weighted by Gasteiger charge is 2.29. The van der Waals surface area contributed by atoms with Gasteiger partial charge in [0.25, 0.3) is 5.91 Å². The number of nitrogens with one attached hydrogen (secondary N) is 2. The highest BCUT2D eigenvalue weighted by Crippen LogP contribution is 2.17. The number of benzene rings is 2. The van der Waals surface area contributed by atoms with Crippen molar-refractivity contribution in [2.24, 2.45) is 0 Å². The molecule has 9 heteroatoms. The average Bonchev–Trinajstić information content (AvgIpc) is 3.31. The SMILES string of the molecule is O=C(N[C@@H]1CN(C(=O)Nc2ccc(F)cc2)CCC[C@H]1O)c1ccc(OCCN2CCCC2)cc1. The lowest BCUT2D eigenvalue weighted by molar-refractivity contribution is 0.0811. The predicted molar refractivity (Wildman–Crippen MR) is 131 cm³/mol. The molecule has 2 fully saturated rings. The van der Waals surface area contributed by atoms with Crippen molar-refractivity contribution in [3.05, 3.63) is 59.9 Å². The summed E-state index contributed by atoms with van der Waals surface area (Å²) in [5.74, 6) is 0.00249. The topological polar surface area (TPSA) is 94.1 Å². The van der Waals surface area contributed by atoms with Crippen molar-refractivity contribution in [3.8, 4) is 5.75 Å². The molecule has 2 aromatic carbocycles. The number of rotatable bonds is 7. The van der Waals surface area contributed by atoms with Crippen LogP contribution >= 0.6 is 0 Å². The Kier molecular flexibility index (Phi) is 8.54. The van der Waals surface area contributed by atoms with Crippen molar-refractivity contribution in [3.63, 3.8) is 0 Å². The number of aliphatic hydroxyl groups is 1. The molecule has 0 aliphatic carbocycles. The molecular formula is C26H33FN4O4. The normalized spacial score (nSPS) is 20.8. The van der Waals surface area contributed by atoms with E-state index in [-0.39, 0.29) is 24.3 Å². The van der Waals surface area contributed by atoms with E-state index in [1.54, 1.807) is 29.2 Å². The van der Waals surface area contributed by atoms with E-state index in [0.717, 1.165) is 19.6 Å². The molecule has 2 saturated heterocycles. The lowest BCUT2D eigenvalue weighted by Crippen LogP contribution is -2.50. The van der Waals surface area contributed by atoms with E-state index in [2.05, 4.69) is 15.5 Å². The largest absolute Gasteiger partial charge is 0.492 e. The first-order valence-corrected chi connectivity index (χ1v) is 12.2. The molecule has 4 rings (SSSR count). The number of anilines is 1. The lowest BCUT2D eigenvalue weighted by Gasteiger charge is -2.27. The Labute approximate surface area is 205 Å². The minimum Gasteiger partial charge on any atom is -0.492 e. The Morgan fingerprint density at radius 3 is 2.43 bits per heavy atom. The molecule has 0 aromatic heterocycles. The number of ether oxygens (including phenoxy) is 1. The Morgan fingerprint density at radius 2 is 1.71 bits per heavy atom. The van der Waals surface area contributed by atoms with Crippen LogP contribution in [0.1, 0.15) is 36.0 Å². The van der Waals surface area contributed by atoms with Gasteiger partial charge in [-0.3, -0.25) is 9.69 Å². The maximum absolute atomic E-state index is 13.1. The summed E-state index contributed by atoms with van der Waals surface area (Å²) in [6, 6.07) is 11.5. The number of carbonyl (C=O) groups is 2. The van der Waals surface area contributed by atoms with Gasteiger partial charge in [0.2, 0.25) is 0 Å². The van der Waals surface area contributed by atoms with E-state index < -0.39 is 12.1 Å². The van der Waals surface area contributed by atoms with Crippen LogP contribution in [-0.4, -0.2) is 78.3 Å². The maximum atomic E-state index is 13.1. The number of aliphatic hydroxyl groups excluding tert-OH is 1. The number of halogens is 1. The van der Waals surface area contributed by atoms with Gasteiger partial charge in [-0.1, -0.05) is 0 Å². The molecule has 3 amide bonds. The van der Waals surface area contributed by atoms with E-state index >= 15 is 0 Å². The molecule has 188 valence electrons. The number of urea groups is 1. The molecule has 2 heterocycles. The summed E-state index contributed by atoms with van der Waals surface area (Å²) >= 11 is 0. The number of carbonyl (C=O) groups excluding carboxylic acids is 2. The maximum Gasteiger partial charge on any atom is 0.321 e. The first-order chi connectivity index (χ1) is 17.0. The van der Waals surface area contributed by atoms with E-state index in [4.69, 9.17) is 4.74 Å². The van der Waals surface area contributed by atoms with Gasteiger partial charge < -0.3 is 25.4 Å². The Morgan fingerprint density at radius 1 is 1.00 bits per heavy atom. The molecule has 8 nitrogen and oxygen atoms in total. The fourth-order valence-corrected chi connectivity index (χ4v) is 4.46. The Bertz CT molecular complexity index is 980. The third-order valence-electron chi connectivity index (χ3n) is 6.50. The van der Waals surface area contributed by atoms with Crippen LogP contribution in [0.3, 0.4) is 0 Å². The molecule has 2 aromatic rings. The van der Waals surface area contributed by atoms with Crippen LogP contribution in [0.5, 0.6) is 5.75 Å². The number of amides is 3. The van der Waals surface area contributed by atoms with Gasteiger partial charge in [-0.15, -0.1) is 0 Å². The van der Waals surface area contributed by atoms with Gasteiger partial charge >= 0.3 is 6.03 Å². The third-order valence-corrected chi connectivity index (χ3v) is 6.50. The zero-order valence-electron chi connectivity index (χ0n) is 19.8. The Balaban J connectivity index is 1.30. The molecule has 0 radical (unpaired) electrons. The highest BCUT2D eigenvalue weighted by atomic mass is 19.1. The summed E-state index contributed by atoms with van der Waals surface area (Å²) in [6.07, 6.45) is 2.80. The summed E-state index contributed by atoms with van der Waals surface area (Å²) < 4.78 is 18.9. The van der Waals surface area contributed by atoms with Crippen molar-refractivity contribution >= 4 is 17.6 Å². The molecule has 0 bridgehead atoms. The zero-order chi connectivity index (χ0) is 24.6. The smallest absolute Gasteiger partial charge is 0.321 e. The summed E-state index contributed by atoms with van der Waals surface area (Å²) in [7, 11) is 0. The van der Waals surface area contributed by atoms with E-state index in [0.29, 0.717) is 43.0 Å². The second kappa shape index (κ2) is 12.0. The minimum atomic E-state index is -0.768. The number of nitrogens with zero attached hydrogens (tertiary/aromatic N) is 2. The highest BCUT2D eigenvalue weighted by molar-refractivity contribution is 5.94. The molecular weight excluding hydrogens is 451 g/mol. The summed E-state index contributed by atoms with van der Waals surface area (Å²) in [6.45, 7) is 4.36. The molecule has 2 atom stereocenters. The molecule has 2 aliphatic heterocycles. The molecule has 2 aliphatic rings. The number of hydrogen-bond acceptors (Lipinski definition) is 5. The van der Waals surface area contributed by atoms with Gasteiger partial charge in [-0.05, 0) is 87.3 Å². The van der Waals surface area contributed by atoms with Crippen LogP contribution in [0.15, 0.2) is 48.5 Å². The van der Waals surface area contributed by atoms with Gasteiger partial charge in [0, 0.05) is 30.9 Å². The summed E-state index contributed by atoms with van der Waals surface area (Å²) in [5, 5.41) is 16.2. The fraction of sp³-hybridized carbons (Fsp3) is 0.462. The van der Waals surface area contributed by atoms with Crippen LogP contribution in [0.4, 0.5) is 14.9 Å². The van der Waals surface area contributed by atoms with E-state index in [9.17, 15) is 19.1 Å². The molecule has 3 N–H and O–H groups in total. The predicted octanol–water partition coefficient (Wildman–Crippen LogP) is 3.09. The standard InChI is InChI=1S/C26H33FN4O4/c27-20-7-9-21(10-8-20)28-26(34)31-15-3-4-24(32)23(18-31)29-25(33)19-5-11-22(12-6-19)35-17-16-30-13-1-2-14-30/h5-12,23-24,32H,1-4,13-18H2,(H,28,34)(H,29,33)/t23-,24-/m1/s1. The van der Waals surface area contributed by atoms with Crippen LogP contribution < -0.4 is 15.4 Å². The van der Waals surface area contributed by atoms with Gasteiger partial charge in [0.15, 0.2) is 0 Å². The van der Waals surface area contributed by atoms with Crippen molar-refractivity contribution in [1.29, 1.82) is 0 Å². The lowest BCUT2D eigenvalue weighted by atomic mass is 10.1. The molecule has 0 saturated carbocycles. The van der Waals surface area contributed by atoms with Crippen LogP contribution in [0.25, 0.3) is 0 Å². The minimum absolute atomic E-state index is 0.164. The van der Waals surface area contributed by atoms with E-state index in [1.807, 2.05) is 0 Å². The van der Waals surface area contributed by atoms with Crippen LogP contribution in [-0.2, 0) is 0 Å². The zero-order valence-corrected chi connectivity index (χ0v) is 19.8. The third kappa shape index (κ3) is 7.16. The average molecular weight is 485 g/mol. The van der Waals surface area contributed by atoms with Gasteiger partial charge in [-0.25, -0.2) is 9.18 Å². The van der Waals surface area contributed by atoms with Gasteiger partial charge in [0.05, 0.1) is 12.1 Å². The molecule has 35 heavy (non-hydrogen) atoms. The Hall–Kier alpha value is -3.17. The second-order valence-electron chi connectivity index (χ2n) is 9.09. The summed E-state index contributed by atoms with van der Waals surface area (Å²) in [5.41, 5.74) is 0.931. The van der Waals surface area contributed by atoms with Crippen molar-refractivity contribution < 1.29 is 23.8 Å². The van der Waals surface area contributed by atoms with Crippen molar-refractivity contribution in [1.82, 2.24) is 15.1 Å². The number of likely N-dealkylation sites (tertiary alicyclic amines) is 2.